The van der Waals surface area contributed by atoms with E-state index in [9.17, 15) is 18.4 Å². The Labute approximate surface area is 230 Å². The number of hydrogen-bond acceptors (Lipinski definition) is 7. The van der Waals surface area contributed by atoms with Gasteiger partial charge in [-0.15, -0.1) is 22.7 Å². The number of thiophene rings is 2. The number of ether oxygens (including phenoxy) is 1. The summed E-state index contributed by atoms with van der Waals surface area (Å²) in [6, 6.07) is 12.3. The molecule has 39 heavy (non-hydrogen) atoms. The quantitative estimate of drug-likeness (QED) is 0.223. The normalized spacial score (nSPS) is 11.3. The van der Waals surface area contributed by atoms with Crippen molar-refractivity contribution in [3.8, 4) is 16.2 Å². The van der Waals surface area contributed by atoms with Crippen molar-refractivity contribution in [2.75, 3.05) is 5.32 Å². The molecule has 0 spiro atoms. The molecule has 5 aromatic rings. The molecule has 1 aromatic carbocycles. The highest BCUT2D eigenvalue weighted by atomic mass is 32.1. The lowest BCUT2D eigenvalue weighted by molar-refractivity contribution is 0.100. The number of nitrogens with two attached hydrogens (primary N) is 1. The second kappa shape index (κ2) is 10.5. The first-order valence-corrected chi connectivity index (χ1v) is 13.4. The van der Waals surface area contributed by atoms with Crippen LogP contribution in [0.2, 0.25) is 0 Å². The van der Waals surface area contributed by atoms with E-state index in [0.29, 0.717) is 21.6 Å². The standard InChI is InChI=1S/C27H23F2N5O3S2/c1-13-8-14(2)10-16(9-13)37-12-34-7-6-18(33-34)26(36)32-22-21-17(20-5-4-15(3)38-20)11-19(24(28)29)31-27(21)39-23(22)25(30)35/h4-11,24H,12H2,1-3H3,(H2,30,35)(H,32,36). The van der Waals surface area contributed by atoms with Crippen LogP contribution in [0.25, 0.3) is 20.7 Å². The molecule has 0 fully saturated rings. The van der Waals surface area contributed by atoms with Crippen LogP contribution in [0, 0.1) is 20.8 Å². The number of halogens is 2. The van der Waals surface area contributed by atoms with Crippen molar-refractivity contribution in [2.24, 2.45) is 5.73 Å². The Kier molecular flexibility index (Phi) is 7.15. The molecule has 0 bridgehead atoms. The van der Waals surface area contributed by atoms with E-state index in [1.54, 1.807) is 12.3 Å². The molecule has 0 atom stereocenters. The predicted octanol–water partition coefficient (Wildman–Crippen LogP) is 6.47. The largest absolute Gasteiger partial charge is 0.471 e. The zero-order chi connectivity index (χ0) is 27.8. The number of benzene rings is 1. The Hall–Kier alpha value is -4.16. The molecule has 0 aliphatic carbocycles. The van der Waals surface area contributed by atoms with Gasteiger partial charge >= 0.3 is 0 Å². The number of primary amides is 1. The van der Waals surface area contributed by atoms with Crippen molar-refractivity contribution in [3.63, 3.8) is 0 Å². The molecule has 0 aliphatic heterocycles. The third-order valence-corrected chi connectivity index (χ3v) is 7.94. The first kappa shape index (κ1) is 26.4. The molecule has 3 N–H and O–H groups in total. The van der Waals surface area contributed by atoms with Crippen LogP contribution in [0.1, 0.15) is 48.3 Å². The van der Waals surface area contributed by atoms with Crippen LogP contribution in [0.5, 0.6) is 5.75 Å². The summed E-state index contributed by atoms with van der Waals surface area (Å²) in [5, 5.41) is 7.38. The number of fused-ring (bicyclic) bond motifs is 1. The summed E-state index contributed by atoms with van der Waals surface area (Å²) >= 11 is 2.25. The van der Waals surface area contributed by atoms with Gasteiger partial charge in [-0.25, -0.2) is 18.4 Å². The molecule has 0 saturated carbocycles. The van der Waals surface area contributed by atoms with E-state index in [4.69, 9.17) is 10.5 Å². The van der Waals surface area contributed by atoms with Crippen molar-refractivity contribution < 1.29 is 23.1 Å². The van der Waals surface area contributed by atoms with Crippen LogP contribution in [0.3, 0.4) is 0 Å². The summed E-state index contributed by atoms with van der Waals surface area (Å²) in [7, 11) is 0. The summed E-state index contributed by atoms with van der Waals surface area (Å²) in [6.45, 7) is 5.91. The lowest BCUT2D eigenvalue weighted by atomic mass is 10.1. The fraction of sp³-hybridized carbons (Fsp3) is 0.185. The number of aryl methyl sites for hydroxylation is 3. The summed E-state index contributed by atoms with van der Waals surface area (Å²) in [4.78, 5) is 31.4. The number of nitrogens with one attached hydrogen (secondary N) is 1. The van der Waals surface area contributed by atoms with E-state index < -0.39 is 23.9 Å². The Morgan fingerprint density at radius 3 is 2.46 bits per heavy atom. The molecule has 0 saturated heterocycles. The molecule has 200 valence electrons. The number of nitrogens with zero attached hydrogens (tertiary/aromatic N) is 3. The zero-order valence-electron chi connectivity index (χ0n) is 21.1. The number of anilines is 1. The molecular weight excluding hydrogens is 544 g/mol. The van der Waals surface area contributed by atoms with Gasteiger partial charge in [0.25, 0.3) is 18.2 Å². The van der Waals surface area contributed by atoms with E-state index >= 15 is 0 Å². The topological polar surface area (TPSA) is 112 Å². The molecule has 0 unspecified atom stereocenters. The second-order valence-electron chi connectivity index (χ2n) is 8.95. The van der Waals surface area contributed by atoms with Gasteiger partial charge in [-0.1, -0.05) is 6.07 Å². The number of rotatable bonds is 8. The lowest BCUT2D eigenvalue weighted by Crippen LogP contribution is -2.17. The minimum absolute atomic E-state index is 0.00405. The van der Waals surface area contributed by atoms with Crippen molar-refractivity contribution in [3.05, 3.63) is 80.9 Å². The molecule has 4 heterocycles. The highest BCUT2D eigenvalue weighted by Gasteiger charge is 2.26. The number of hydrogen-bond donors (Lipinski definition) is 2. The van der Waals surface area contributed by atoms with Gasteiger partial charge in [0.1, 0.15) is 21.2 Å². The second-order valence-corrected chi connectivity index (χ2v) is 11.2. The van der Waals surface area contributed by atoms with Gasteiger partial charge in [-0.05, 0) is 68.3 Å². The third-order valence-electron chi connectivity index (χ3n) is 5.81. The van der Waals surface area contributed by atoms with Gasteiger partial charge in [-0.2, -0.15) is 5.10 Å². The lowest BCUT2D eigenvalue weighted by Gasteiger charge is -2.09. The summed E-state index contributed by atoms with van der Waals surface area (Å²) in [6.07, 6.45) is -1.23. The van der Waals surface area contributed by atoms with Crippen LogP contribution in [0.4, 0.5) is 14.5 Å². The highest BCUT2D eigenvalue weighted by molar-refractivity contribution is 7.21. The highest BCUT2D eigenvalue weighted by Crippen LogP contribution is 2.44. The number of aromatic nitrogens is 3. The van der Waals surface area contributed by atoms with Crippen LogP contribution in [-0.4, -0.2) is 26.6 Å². The monoisotopic (exact) mass is 567 g/mol. The number of carbonyl (C=O) groups excluding carboxylic acids is 2. The van der Waals surface area contributed by atoms with Crippen molar-refractivity contribution in [1.82, 2.24) is 14.8 Å². The number of amides is 2. The van der Waals surface area contributed by atoms with Crippen molar-refractivity contribution >= 4 is 50.4 Å². The molecule has 4 aromatic heterocycles. The average Bonchev–Trinajstić information content (AvgIpc) is 3.60. The summed E-state index contributed by atoms with van der Waals surface area (Å²) in [5.41, 5.74) is 7.92. The Morgan fingerprint density at radius 2 is 1.82 bits per heavy atom. The Morgan fingerprint density at radius 1 is 1.08 bits per heavy atom. The van der Waals surface area contributed by atoms with Gasteiger partial charge in [0.15, 0.2) is 12.4 Å². The van der Waals surface area contributed by atoms with Gasteiger partial charge in [0.2, 0.25) is 0 Å². The van der Waals surface area contributed by atoms with Gasteiger partial charge < -0.3 is 15.8 Å². The van der Waals surface area contributed by atoms with Crippen LogP contribution < -0.4 is 15.8 Å². The number of carbonyl (C=O) groups is 2. The zero-order valence-corrected chi connectivity index (χ0v) is 22.8. The first-order valence-electron chi connectivity index (χ1n) is 11.8. The minimum Gasteiger partial charge on any atom is -0.471 e. The molecule has 0 radical (unpaired) electrons. The maximum absolute atomic E-state index is 13.7. The Bertz CT molecular complexity index is 1700. The van der Waals surface area contributed by atoms with Gasteiger partial charge in [-0.3, -0.25) is 9.59 Å². The van der Waals surface area contributed by atoms with E-state index in [0.717, 1.165) is 27.3 Å². The van der Waals surface area contributed by atoms with Crippen LogP contribution >= 0.6 is 22.7 Å². The van der Waals surface area contributed by atoms with Gasteiger partial charge in [0.05, 0.1) is 5.69 Å². The number of alkyl halides is 2. The molecule has 8 nitrogen and oxygen atoms in total. The molecular formula is C27H23F2N5O3S2. The molecule has 12 heteroatoms. The maximum Gasteiger partial charge on any atom is 0.280 e. The fourth-order valence-corrected chi connectivity index (χ4v) is 6.09. The van der Waals surface area contributed by atoms with E-state index in [1.165, 1.54) is 28.2 Å². The van der Waals surface area contributed by atoms with E-state index in [-0.39, 0.29) is 27.8 Å². The fourth-order valence-electron chi connectivity index (χ4n) is 4.18. The molecule has 5 rings (SSSR count). The van der Waals surface area contributed by atoms with Crippen LogP contribution in [0.15, 0.2) is 48.7 Å². The predicted molar refractivity (Wildman–Crippen MR) is 148 cm³/mol. The Balaban J connectivity index is 1.48. The summed E-state index contributed by atoms with van der Waals surface area (Å²) in [5.74, 6) is -0.738. The third kappa shape index (κ3) is 5.52. The average molecular weight is 568 g/mol. The van der Waals surface area contributed by atoms with E-state index in [1.807, 2.05) is 45.0 Å². The van der Waals surface area contributed by atoms with Crippen molar-refractivity contribution in [2.45, 2.75) is 33.9 Å². The van der Waals surface area contributed by atoms with Crippen LogP contribution in [-0.2, 0) is 6.73 Å². The maximum atomic E-state index is 13.7. The SMILES string of the molecule is Cc1cc(C)cc(OCn2ccc(C(=O)Nc3c(C(N)=O)sc4nc(C(F)F)cc(-c5ccc(C)s5)c34)n2)c1. The smallest absolute Gasteiger partial charge is 0.280 e. The van der Waals surface area contributed by atoms with E-state index in [2.05, 4.69) is 15.4 Å². The first-order chi connectivity index (χ1) is 18.6. The summed E-state index contributed by atoms with van der Waals surface area (Å²) < 4.78 is 34.6. The van der Waals surface area contributed by atoms with Crippen molar-refractivity contribution in [1.29, 1.82) is 0 Å². The minimum atomic E-state index is -2.82. The van der Waals surface area contributed by atoms with Gasteiger partial charge in [0, 0.05) is 26.9 Å². The molecule has 0 aliphatic rings. The number of pyridine rings is 1. The molecule has 2 amide bonds.